The van der Waals surface area contributed by atoms with Crippen molar-refractivity contribution in [2.24, 2.45) is 0 Å². The number of sulfonamides is 2. The summed E-state index contributed by atoms with van der Waals surface area (Å²) in [5.74, 6) is 0.290. The molecule has 1 aliphatic rings. The summed E-state index contributed by atoms with van der Waals surface area (Å²) in [4.78, 5) is 12.4. The number of carbonyl (C=O) groups is 1. The molecule has 1 fully saturated rings. The van der Waals surface area contributed by atoms with E-state index >= 15 is 0 Å². The summed E-state index contributed by atoms with van der Waals surface area (Å²) >= 11 is 0. The summed E-state index contributed by atoms with van der Waals surface area (Å²) in [7, 11) is -6.94. The second kappa shape index (κ2) is 10.4. The molecule has 0 aliphatic carbocycles. The predicted octanol–water partition coefficient (Wildman–Crippen LogP) is 0.121. The van der Waals surface area contributed by atoms with E-state index in [1.807, 2.05) is 13.8 Å². The quantitative estimate of drug-likeness (QED) is 0.523. The van der Waals surface area contributed by atoms with Gasteiger partial charge in [-0.1, -0.05) is 0 Å². The van der Waals surface area contributed by atoms with E-state index < -0.39 is 26.0 Å². The number of benzene rings is 1. The van der Waals surface area contributed by atoms with Crippen molar-refractivity contribution in [3.63, 3.8) is 0 Å². The number of ether oxygens (including phenoxy) is 2. The maximum absolute atomic E-state index is 12.5. The van der Waals surface area contributed by atoms with E-state index in [-0.39, 0.29) is 38.5 Å². The molecule has 1 amide bonds. The topological polar surface area (TPSA) is 122 Å². The predicted molar refractivity (Wildman–Crippen MR) is 113 cm³/mol. The molecular formula is C18H29N3O7S2. The third kappa shape index (κ3) is 6.56. The standard InChI is InChI=1S/C18H29N3O7S2/c1-4-27-16-7-6-15(14-17(16)28-5-2)18(22)19-8-13-30(25,26)21-11-9-20(10-12-21)29(3,23)24/h6-7,14H,4-5,8-13H2,1-3H3,(H,19,22). The average molecular weight is 464 g/mol. The van der Waals surface area contributed by atoms with E-state index in [2.05, 4.69) is 5.32 Å². The molecule has 1 aromatic rings. The number of hydrogen-bond donors (Lipinski definition) is 1. The van der Waals surface area contributed by atoms with E-state index in [1.54, 1.807) is 18.2 Å². The molecule has 0 atom stereocenters. The number of nitrogens with zero attached hydrogens (tertiary/aromatic N) is 2. The summed E-state index contributed by atoms with van der Waals surface area (Å²) in [5.41, 5.74) is 0.334. The van der Waals surface area contributed by atoms with Gasteiger partial charge < -0.3 is 14.8 Å². The zero-order valence-electron chi connectivity index (χ0n) is 17.5. The van der Waals surface area contributed by atoms with Crippen LogP contribution >= 0.6 is 0 Å². The van der Waals surface area contributed by atoms with Crippen molar-refractivity contribution in [3.8, 4) is 11.5 Å². The van der Waals surface area contributed by atoms with Crippen LogP contribution in [0.4, 0.5) is 0 Å². The minimum Gasteiger partial charge on any atom is -0.490 e. The zero-order valence-corrected chi connectivity index (χ0v) is 19.1. The lowest BCUT2D eigenvalue weighted by Gasteiger charge is -2.32. The minimum absolute atomic E-state index is 0.0648. The first-order chi connectivity index (χ1) is 14.1. The Balaban J connectivity index is 1.91. The number of rotatable bonds is 10. The Morgan fingerprint density at radius 2 is 1.53 bits per heavy atom. The molecule has 10 nitrogen and oxygen atoms in total. The molecule has 2 rings (SSSR count). The Labute approximate surface area is 178 Å². The monoisotopic (exact) mass is 463 g/mol. The molecule has 0 bridgehead atoms. The molecule has 12 heteroatoms. The molecule has 0 saturated carbocycles. The highest BCUT2D eigenvalue weighted by atomic mass is 32.2. The first-order valence-corrected chi connectivity index (χ1v) is 13.1. The number of hydrogen-bond acceptors (Lipinski definition) is 7. The normalized spacial score (nSPS) is 16.2. The molecule has 1 aromatic carbocycles. The largest absolute Gasteiger partial charge is 0.490 e. The highest BCUT2D eigenvalue weighted by Crippen LogP contribution is 2.28. The third-order valence-electron chi connectivity index (χ3n) is 4.51. The summed E-state index contributed by atoms with van der Waals surface area (Å²) in [6.45, 7) is 4.91. The molecule has 1 heterocycles. The van der Waals surface area contributed by atoms with Crippen LogP contribution in [-0.2, 0) is 20.0 Å². The van der Waals surface area contributed by atoms with E-state index in [0.717, 1.165) is 6.26 Å². The Hall–Kier alpha value is -1.89. The van der Waals surface area contributed by atoms with Gasteiger partial charge in [-0.25, -0.2) is 16.8 Å². The highest BCUT2D eigenvalue weighted by molar-refractivity contribution is 7.89. The van der Waals surface area contributed by atoms with Crippen LogP contribution in [0.3, 0.4) is 0 Å². The number of piperazine rings is 1. The van der Waals surface area contributed by atoms with Crippen molar-refractivity contribution in [1.29, 1.82) is 0 Å². The molecule has 0 aromatic heterocycles. The summed E-state index contributed by atoms with van der Waals surface area (Å²) in [5, 5.41) is 2.60. The maximum Gasteiger partial charge on any atom is 0.251 e. The molecule has 170 valence electrons. The molecule has 1 N–H and O–H groups in total. The highest BCUT2D eigenvalue weighted by Gasteiger charge is 2.30. The van der Waals surface area contributed by atoms with Crippen LogP contribution in [0.25, 0.3) is 0 Å². The maximum atomic E-state index is 12.5. The van der Waals surface area contributed by atoms with Crippen LogP contribution < -0.4 is 14.8 Å². The average Bonchev–Trinajstić information content (AvgIpc) is 2.69. The second-order valence-corrected chi connectivity index (χ2v) is 10.7. The van der Waals surface area contributed by atoms with E-state index in [1.165, 1.54) is 8.61 Å². The molecular weight excluding hydrogens is 434 g/mol. The van der Waals surface area contributed by atoms with Gasteiger partial charge in [-0.15, -0.1) is 0 Å². The van der Waals surface area contributed by atoms with E-state index in [0.29, 0.717) is 30.3 Å². The minimum atomic E-state index is -3.61. The van der Waals surface area contributed by atoms with Gasteiger partial charge in [-0.05, 0) is 32.0 Å². The lowest BCUT2D eigenvalue weighted by molar-refractivity contribution is 0.0955. The van der Waals surface area contributed by atoms with Crippen molar-refractivity contribution >= 4 is 26.0 Å². The zero-order chi connectivity index (χ0) is 22.4. The Morgan fingerprint density at radius 3 is 2.10 bits per heavy atom. The fraction of sp³-hybridized carbons (Fsp3) is 0.611. The second-order valence-electron chi connectivity index (χ2n) is 6.66. The van der Waals surface area contributed by atoms with Crippen LogP contribution in [-0.4, -0.2) is 89.3 Å². The van der Waals surface area contributed by atoms with Gasteiger partial charge in [0.1, 0.15) is 0 Å². The Bertz CT molecular complexity index is 941. The SMILES string of the molecule is CCOc1ccc(C(=O)NCCS(=O)(=O)N2CCN(S(C)(=O)=O)CC2)cc1OCC. The fourth-order valence-corrected chi connectivity index (χ4v) is 5.16. The van der Waals surface area contributed by atoms with Gasteiger partial charge in [0.05, 0.1) is 25.2 Å². The van der Waals surface area contributed by atoms with Crippen molar-refractivity contribution in [3.05, 3.63) is 23.8 Å². The first kappa shape index (κ1) is 24.4. The van der Waals surface area contributed by atoms with Crippen molar-refractivity contribution in [2.45, 2.75) is 13.8 Å². The van der Waals surface area contributed by atoms with Gasteiger partial charge in [0.25, 0.3) is 5.91 Å². The van der Waals surface area contributed by atoms with Crippen LogP contribution in [0.5, 0.6) is 11.5 Å². The summed E-state index contributed by atoms with van der Waals surface area (Å²) in [6.07, 6.45) is 1.10. The molecule has 30 heavy (non-hydrogen) atoms. The molecule has 1 saturated heterocycles. The lowest BCUT2D eigenvalue weighted by atomic mass is 10.2. The van der Waals surface area contributed by atoms with Crippen LogP contribution in [0, 0.1) is 0 Å². The number of carbonyl (C=O) groups excluding carboxylic acids is 1. The number of amides is 1. The van der Waals surface area contributed by atoms with Gasteiger partial charge >= 0.3 is 0 Å². The van der Waals surface area contributed by atoms with Crippen molar-refractivity contribution in [2.75, 3.05) is 57.9 Å². The van der Waals surface area contributed by atoms with E-state index in [9.17, 15) is 21.6 Å². The van der Waals surface area contributed by atoms with Gasteiger partial charge in [0.2, 0.25) is 20.0 Å². The molecule has 0 spiro atoms. The summed E-state index contributed by atoms with van der Waals surface area (Å²) in [6, 6.07) is 4.78. The fourth-order valence-electron chi connectivity index (χ4n) is 3.00. The summed E-state index contributed by atoms with van der Waals surface area (Å²) < 4.78 is 61.5. The number of nitrogens with one attached hydrogen (secondary N) is 1. The van der Waals surface area contributed by atoms with Gasteiger partial charge in [0, 0.05) is 38.3 Å². The van der Waals surface area contributed by atoms with Crippen molar-refractivity contribution in [1.82, 2.24) is 13.9 Å². The van der Waals surface area contributed by atoms with Gasteiger partial charge in [-0.3, -0.25) is 4.79 Å². The van der Waals surface area contributed by atoms with E-state index in [4.69, 9.17) is 9.47 Å². The van der Waals surface area contributed by atoms with Crippen LogP contribution in [0.2, 0.25) is 0 Å². The first-order valence-electron chi connectivity index (χ1n) is 9.69. The third-order valence-corrected chi connectivity index (χ3v) is 7.69. The van der Waals surface area contributed by atoms with Crippen molar-refractivity contribution < 1.29 is 31.1 Å². The molecule has 0 unspecified atom stereocenters. The Morgan fingerprint density at radius 1 is 0.967 bits per heavy atom. The van der Waals surface area contributed by atoms with Gasteiger partial charge in [-0.2, -0.15) is 8.61 Å². The lowest BCUT2D eigenvalue weighted by Crippen LogP contribution is -2.51. The smallest absolute Gasteiger partial charge is 0.251 e. The molecule has 1 aliphatic heterocycles. The molecule has 0 radical (unpaired) electrons. The van der Waals surface area contributed by atoms with Crippen LogP contribution in [0.1, 0.15) is 24.2 Å². The Kier molecular flexibility index (Phi) is 8.47. The van der Waals surface area contributed by atoms with Gasteiger partial charge in [0.15, 0.2) is 11.5 Å². The van der Waals surface area contributed by atoms with Crippen LogP contribution in [0.15, 0.2) is 18.2 Å².